The van der Waals surface area contributed by atoms with Gasteiger partial charge in [-0.15, -0.1) is 0 Å². The predicted octanol–water partition coefficient (Wildman–Crippen LogP) is 1.38. The summed E-state index contributed by atoms with van der Waals surface area (Å²) in [6.45, 7) is 1.93. The van der Waals surface area contributed by atoms with Crippen molar-refractivity contribution in [3.63, 3.8) is 0 Å². The monoisotopic (exact) mass is 279 g/mol. The summed E-state index contributed by atoms with van der Waals surface area (Å²) in [6.07, 6.45) is 5.39. The number of nitrogens with two attached hydrogens (primary N) is 1. The summed E-state index contributed by atoms with van der Waals surface area (Å²) >= 11 is 0. The number of aromatic nitrogens is 2. The number of anilines is 2. The summed E-state index contributed by atoms with van der Waals surface area (Å²) in [5.74, 6) is 1.55. The van der Waals surface area contributed by atoms with Gasteiger partial charge >= 0.3 is 0 Å². The smallest absolute Gasteiger partial charge is 0.225 e. The van der Waals surface area contributed by atoms with Crippen LogP contribution >= 0.6 is 0 Å². The van der Waals surface area contributed by atoms with Crippen LogP contribution < -0.4 is 15.4 Å². The molecule has 1 aliphatic rings. The van der Waals surface area contributed by atoms with Gasteiger partial charge in [-0.1, -0.05) is 12.8 Å². The van der Waals surface area contributed by atoms with Crippen LogP contribution in [0.5, 0.6) is 5.88 Å². The summed E-state index contributed by atoms with van der Waals surface area (Å²) in [6, 6.07) is 2.56. The quantitative estimate of drug-likeness (QED) is 0.848. The zero-order chi connectivity index (χ0) is 14.5. The van der Waals surface area contributed by atoms with Crippen LogP contribution in [-0.2, 0) is 0 Å². The third-order valence-electron chi connectivity index (χ3n) is 4.04. The Bertz CT molecular complexity index is 434. The first-order valence-electron chi connectivity index (χ1n) is 7.20. The largest absolute Gasteiger partial charge is 0.481 e. The highest BCUT2D eigenvalue weighted by Gasteiger charge is 2.19. The second-order valence-corrected chi connectivity index (χ2v) is 5.47. The molecule has 0 spiro atoms. The van der Waals surface area contributed by atoms with Gasteiger partial charge in [-0.3, -0.25) is 0 Å². The minimum absolute atomic E-state index is 0.246. The maximum absolute atomic E-state index is 5.69. The van der Waals surface area contributed by atoms with E-state index in [9.17, 15) is 0 Å². The molecule has 0 atom stereocenters. The molecule has 1 heterocycles. The normalized spacial score (nSPS) is 15.8. The minimum Gasteiger partial charge on any atom is -0.481 e. The van der Waals surface area contributed by atoms with E-state index in [0.29, 0.717) is 5.88 Å². The summed E-state index contributed by atoms with van der Waals surface area (Å²) in [5.41, 5.74) is 5.69. The summed E-state index contributed by atoms with van der Waals surface area (Å²) in [7, 11) is 5.81. The Hall–Kier alpha value is -1.56. The minimum atomic E-state index is 0.246. The van der Waals surface area contributed by atoms with Gasteiger partial charge in [0.2, 0.25) is 11.8 Å². The van der Waals surface area contributed by atoms with Gasteiger partial charge < -0.3 is 20.3 Å². The van der Waals surface area contributed by atoms with Crippen LogP contribution in [0.15, 0.2) is 6.07 Å². The van der Waals surface area contributed by atoms with Gasteiger partial charge in [-0.2, -0.15) is 9.97 Å². The Balaban J connectivity index is 1.90. The van der Waals surface area contributed by atoms with Crippen molar-refractivity contribution in [2.75, 3.05) is 44.9 Å². The van der Waals surface area contributed by atoms with Gasteiger partial charge in [0, 0.05) is 32.2 Å². The molecule has 1 aromatic heterocycles. The van der Waals surface area contributed by atoms with E-state index in [4.69, 9.17) is 10.5 Å². The van der Waals surface area contributed by atoms with E-state index in [2.05, 4.69) is 26.8 Å². The molecular weight excluding hydrogens is 254 g/mol. The van der Waals surface area contributed by atoms with Gasteiger partial charge in [-0.25, -0.2) is 0 Å². The second-order valence-electron chi connectivity index (χ2n) is 5.47. The van der Waals surface area contributed by atoms with E-state index in [1.807, 2.05) is 13.1 Å². The summed E-state index contributed by atoms with van der Waals surface area (Å²) < 4.78 is 5.12. The number of hydrogen-bond donors (Lipinski definition) is 1. The molecule has 0 bridgehead atoms. The highest BCUT2D eigenvalue weighted by molar-refractivity contribution is 5.44. The van der Waals surface area contributed by atoms with Crippen LogP contribution in [0.25, 0.3) is 0 Å². The highest BCUT2D eigenvalue weighted by atomic mass is 16.5. The maximum Gasteiger partial charge on any atom is 0.225 e. The highest BCUT2D eigenvalue weighted by Crippen LogP contribution is 2.22. The van der Waals surface area contributed by atoms with Crippen molar-refractivity contribution in [3.8, 4) is 5.88 Å². The van der Waals surface area contributed by atoms with Gasteiger partial charge in [0.05, 0.1) is 7.11 Å². The molecule has 0 amide bonds. The van der Waals surface area contributed by atoms with Crippen molar-refractivity contribution in [2.45, 2.75) is 31.7 Å². The molecule has 1 saturated carbocycles. The average molecular weight is 279 g/mol. The van der Waals surface area contributed by atoms with Gasteiger partial charge in [0.25, 0.3) is 0 Å². The molecule has 1 aromatic rings. The van der Waals surface area contributed by atoms with E-state index in [1.165, 1.54) is 25.7 Å². The lowest BCUT2D eigenvalue weighted by Gasteiger charge is -2.27. The fourth-order valence-corrected chi connectivity index (χ4v) is 2.68. The molecule has 6 nitrogen and oxygen atoms in total. The maximum atomic E-state index is 5.69. The fourth-order valence-electron chi connectivity index (χ4n) is 2.68. The van der Waals surface area contributed by atoms with Crippen molar-refractivity contribution < 1.29 is 4.74 Å². The molecule has 0 aliphatic heterocycles. The third kappa shape index (κ3) is 3.72. The molecule has 6 heteroatoms. The second kappa shape index (κ2) is 6.74. The van der Waals surface area contributed by atoms with Crippen LogP contribution in [0.2, 0.25) is 0 Å². The predicted molar refractivity (Wildman–Crippen MR) is 81.2 cm³/mol. The van der Waals surface area contributed by atoms with E-state index in [-0.39, 0.29) is 5.95 Å². The van der Waals surface area contributed by atoms with E-state index < -0.39 is 0 Å². The van der Waals surface area contributed by atoms with Gasteiger partial charge in [-0.05, 0) is 19.9 Å². The SMILES string of the molecule is COc1cc(N(C)CCN(C)C2CCCC2)nc(N)n1. The molecule has 0 unspecified atom stereocenters. The first kappa shape index (κ1) is 14.8. The van der Waals surface area contributed by atoms with Crippen molar-refractivity contribution >= 4 is 11.8 Å². The standard InChI is InChI=1S/C14H25N5O/c1-18(11-6-4-5-7-11)8-9-19(2)12-10-13(20-3)17-14(15)16-12/h10-11H,4-9H2,1-3H3,(H2,15,16,17). The molecule has 0 radical (unpaired) electrons. The van der Waals surface area contributed by atoms with E-state index in [1.54, 1.807) is 7.11 Å². The molecule has 1 aliphatic carbocycles. The lowest BCUT2D eigenvalue weighted by atomic mass is 10.2. The zero-order valence-electron chi connectivity index (χ0n) is 12.7. The molecular formula is C14H25N5O. The van der Waals surface area contributed by atoms with Crippen molar-refractivity contribution in [3.05, 3.63) is 6.07 Å². The number of nitrogen functional groups attached to an aromatic ring is 1. The Morgan fingerprint density at radius 2 is 1.95 bits per heavy atom. The number of likely N-dealkylation sites (N-methyl/N-ethyl adjacent to an activating group) is 2. The van der Waals surface area contributed by atoms with Crippen LogP contribution in [0.1, 0.15) is 25.7 Å². The van der Waals surface area contributed by atoms with Crippen molar-refractivity contribution in [1.29, 1.82) is 0 Å². The Kier molecular flexibility index (Phi) is 5.00. The number of hydrogen-bond acceptors (Lipinski definition) is 6. The molecule has 0 aromatic carbocycles. The van der Waals surface area contributed by atoms with Crippen LogP contribution in [0.4, 0.5) is 11.8 Å². The lowest BCUT2D eigenvalue weighted by molar-refractivity contribution is 0.251. The topological polar surface area (TPSA) is 67.5 Å². The summed E-state index contributed by atoms with van der Waals surface area (Å²) in [4.78, 5) is 12.8. The van der Waals surface area contributed by atoms with Crippen LogP contribution in [0.3, 0.4) is 0 Å². The molecule has 2 N–H and O–H groups in total. The third-order valence-corrected chi connectivity index (χ3v) is 4.04. The van der Waals surface area contributed by atoms with Gasteiger partial charge in [0.1, 0.15) is 5.82 Å². The molecule has 20 heavy (non-hydrogen) atoms. The Morgan fingerprint density at radius 3 is 2.60 bits per heavy atom. The molecule has 2 rings (SSSR count). The van der Waals surface area contributed by atoms with Crippen molar-refractivity contribution in [2.24, 2.45) is 0 Å². The molecule has 112 valence electrons. The number of nitrogens with zero attached hydrogens (tertiary/aromatic N) is 4. The number of methoxy groups -OCH3 is 1. The Labute approximate surface area is 120 Å². The first-order valence-corrected chi connectivity index (χ1v) is 7.20. The molecule has 0 saturated heterocycles. The number of rotatable bonds is 6. The lowest BCUT2D eigenvalue weighted by Crippen LogP contribution is -2.36. The average Bonchev–Trinajstić information content (AvgIpc) is 2.97. The first-order chi connectivity index (χ1) is 9.60. The van der Waals surface area contributed by atoms with E-state index in [0.717, 1.165) is 24.9 Å². The van der Waals surface area contributed by atoms with Gasteiger partial charge in [0.15, 0.2) is 0 Å². The Morgan fingerprint density at radius 1 is 1.25 bits per heavy atom. The van der Waals surface area contributed by atoms with Crippen molar-refractivity contribution in [1.82, 2.24) is 14.9 Å². The van der Waals surface area contributed by atoms with E-state index >= 15 is 0 Å². The fraction of sp³-hybridized carbons (Fsp3) is 0.714. The summed E-state index contributed by atoms with van der Waals surface area (Å²) in [5, 5.41) is 0. The zero-order valence-corrected chi connectivity index (χ0v) is 12.7. The van der Waals surface area contributed by atoms with Crippen LogP contribution in [0, 0.1) is 0 Å². The van der Waals surface area contributed by atoms with Crippen LogP contribution in [-0.4, -0.2) is 55.2 Å². The molecule has 1 fully saturated rings. The number of ether oxygens (including phenoxy) is 1.